The van der Waals surface area contributed by atoms with Gasteiger partial charge >= 0.3 is 0 Å². The Bertz CT molecular complexity index is 412. The van der Waals surface area contributed by atoms with E-state index in [0.29, 0.717) is 16.8 Å². The number of aliphatic hydroxyl groups excluding tert-OH is 1. The van der Waals surface area contributed by atoms with Gasteiger partial charge in [0.05, 0.1) is 6.10 Å². The second-order valence-corrected chi connectivity index (χ2v) is 2.70. The van der Waals surface area contributed by atoms with E-state index in [1.54, 1.807) is 6.07 Å². The number of hydrogen-bond donors (Lipinski definition) is 2. The molecule has 5 nitrogen and oxygen atoms in total. The lowest BCUT2D eigenvalue weighted by atomic mass is 10.1. The summed E-state index contributed by atoms with van der Waals surface area (Å²) in [6.07, 6.45) is 2.16. The number of nitrogens with two attached hydrogens (primary N) is 1. The van der Waals surface area contributed by atoms with Crippen LogP contribution in [0.5, 0.6) is 0 Å². The molecule has 1 unspecified atom stereocenters. The standard InChI is InChI=1S/C8H9N3O2/c9-2-7(12)5-1-6-8(10-3-5)13-4-11-6/h1,3-4,7,12H,2,9H2. The van der Waals surface area contributed by atoms with E-state index >= 15 is 0 Å². The summed E-state index contributed by atoms with van der Waals surface area (Å²) in [5.74, 6) is 0. The molecule has 0 aliphatic rings. The molecule has 0 aliphatic heterocycles. The minimum atomic E-state index is -0.686. The van der Waals surface area contributed by atoms with Crippen LogP contribution in [0.15, 0.2) is 23.1 Å². The fourth-order valence-electron chi connectivity index (χ4n) is 1.09. The number of fused-ring (bicyclic) bond motifs is 1. The molecule has 0 saturated carbocycles. The number of hydrogen-bond acceptors (Lipinski definition) is 5. The molecule has 0 aromatic carbocycles. The third kappa shape index (κ3) is 1.39. The van der Waals surface area contributed by atoms with Gasteiger partial charge in [0.15, 0.2) is 6.39 Å². The van der Waals surface area contributed by atoms with Gasteiger partial charge in [0.2, 0.25) is 5.71 Å². The topological polar surface area (TPSA) is 85.2 Å². The van der Waals surface area contributed by atoms with E-state index < -0.39 is 6.10 Å². The van der Waals surface area contributed by atoms with Crippen molar-refractivity contribution in [1.82, 2.24) is 9.97 Å². The molecule has 0 amide bonds. The molecular formula is C8H9N3O2. The van der Waals surface area contributed by atoms with Gasteiger partial charge in [-0.3, -0.25) is 0 Å². The Labute approximate surface area is 74.2 Å². The van der Waals surface area contributed by atoms with Crippen LogP contribution in [0.2, 0.25) is 0 Å². The summed E-state index contributed by atoms with van der Waals surface area (Å²) in [7, 11) is 0. The first-order chi connectivity index (χ1) is 6.31. The number of oxazole rings is 1. The van der Waals surface area contributed by atoms with E-state index in [9.17, 15) is 5.11 Å². The van der Waals surface area contributed by atoms with Crippen molar-refractivity contribution in [2.24, 2.45) is 5.73 Å². The maximum absolute atomic E-state index is 9.40. The Morgan fingerprint density at radius 2 is 2.38 bits per heavy atom. The Hall–Kier alpha value is -1.46. The average Bonchev–Trinajstić information content (AvgIpc) is 2.63. The van der Waals surface area contributed by atoms with E-state index in [-0.39, 0.29) is 6.54 Å². The molecule has 0 spiro atoms. The first kappa shape index (κ1) is 8.15. The Kier molecular flexibility index (Phi) is 1.96. The van der Waals surface area contributed by atoms with Crippen LogP contribution in [-0.4, -0.2) is 21.6 Å². The first-order valence-electron chi connectivity index (χ1n) is 3.88. The van der Waals surface area contributed by atoms with Crippen molar-refractivity contribution < 1.29 is 9.52 Å². The van der Waals surface area contributed by atoms with E-state index in [2.05, 4.69) is 9.97 Å². The zero-order valence-electron chi connectivity index (χ0n) is 6.84. The van der Waals surface area contributed by atoms with Gasteiger partial charge < -0.3 is 15.3 Å². The monoisotopic (exact) mass is 179 g/mol. The Balaban J connectivity index is 2.48. The summed E-state index contributed by atoms with van der Waals surface area (Å²) in [6.45, 7) is 0.172. The summed E-state index contributed by atoms with van der Waals surface area (Å²) in [6, 6.07) is 1.71. The Morgan fingerprint density at radius 1 is 1.54 bits per heavy atom. The summed E-state index contributed by atoms with van der Waals surface area (Å²) in [4.78, 5) is 7.88. The second-order valence-electron chi connectivity index (χ2n) is 2.70. The van der Waals surface area contributed by atoms with Crippen LogP contribution in [0.3, 0.4) is 0 Å². The van der Waals surface area contributed by atoms with Gasteiger partial charge in [-0.25, -0.2) is 9.97 Å². The van der Waals surface area contributed by atoms with Gasteiger partial charge in [-0.15, -0.1) is 0 Å². The van der Waals surface area contributed by atoms with Crippen molar-refractivity contribution in [2.45, 2.75) is 6.10 Å². The largest absolute Gasteiger partial charge is 0.425 e. The first-order valence-corrected chi connectivity index (χ1v) is 3.88. The van der Waals surface area contributed by atoms with Crippen LogP contribution in [-0.2, 0) is 0 Å². The molecule has 1 atom stereocenters. The van der Waals surface area contributed by atoms with E-state index in [4.69, 9.17) is 10.2 Å². The summed E-state index contributed by atoms with van der Waals surface area (Å²) in [5, 5.41) is 9.40. The number of aliphatic hydroxyl groups is 1. The predicted molar refractivity (Wildman–Crippen MR) is 45.8 cm³/mol. The quantitative estimate of drug-likeness (QED) is 0.688. The minimum absolute atomic E-state index is 0.172. The highest BCUT2D eigenvalue weighted by atomic mass is 16.3. The highest BCUT2D eigenvalue weighted by Gasteiger charge is 2.08. The van der Waals surface area contributed by atoms with Gasteiger partial charge in [0.1, 0.15) is 5.52 Å². The maximum Gasteiger partial charge on any atom is 0.246 e. The SMILES string of the molecule is NCC(O)c1cnc2ocnc2c1. The van der Waals surface area contributed by atoms with Crippen molar-refractivity contribution in [3.63, 3.8) is 0 Å². The van der Waals surface area contributed by atoms with Crippen LogP contribution in [0.1, 0.15) is 11.7 Å². The smallest absolute Gasteiger partial charge is 0.246 e. The van der Waals surface area contributed by atoms with Gasteiger partial charge in [0, 0.05) is 18.3 Å². The van der Waals surface area contributed by atoms with Gasteiger partial charge in [-0.1, -0.05) is 0 Å². The summed E-state index contributed by atoms with van der Waals surface area (Å²) in [5.41, 5.74) is 7.05. The number of rotatable bonds is 2. The molecule has 2 heterocycles. The highest BCUT2D eigenvalue weighted by Crippen LogP contribution is 2.15. The zero-order valence-corrected chi connectivity index (χ0v) is 6.84. The lowest BCUT2D eigenvalue weighted by Crippen LogP contribution is -2.11. The van der Waals surface area contributed by atoms with Gasteiger partial charge in [-0.05, 0) is 6.07 Å². The fourth-order valence-corrected chi connectivity index (χ4v) is 1.09. The van der Waals surface area contributed by atoms with Crippen molar-refractivity contribution in [2.75, 3.05) is 6.54 Å². The van der Waals surface area contributed by atoms with Crippen LogP contribution in [0, 0.1) is 0 Å². The molecule has 2 aromatic rings. The zero-order chi connectivity index (χ0) is 9.26. The lowest BCUT2D eigenvalue weighted by Gasteiger charge is -2.05. The lowest BCUT2D eigenvalue weighted by molar-refractivity contribution is 0.186. The summed E-state index contributed by atoms with van der Waals surface area (Å²) >= 11 is 0. The van der Waals surface area contributed by atoms with E-state index in [1.807, 2.05) is 0 Å². The molecule has 0 aliphatic carbocycles. The third-order valence-corrected chi connectivity index (χ3v) is 1.82. The molecule has 0 fully saturated rings. The third-order valence-electron chi connectivity index (χ3n) is 1.82. The molecule has 68 valence electrons. The highest BCUT2D eigenvalue weighted by molar-refractivity contribution is 5.67. The van der Waals surface area contributed by atoms with Crippen LogP contribution >= 0.6 is 0 Å². The van der Waals surface area contributed by atoms with Crippen molar-refractivity contribution >= 4 is 11.2 Å². The van der Waals surface area contributed by atoms with Crippen molar-refractivity contribution in [1.29, 1.82) is 0 Å². The van der Waals surface area contributed by atoms with Crippen LogP contribution in [0.25, 0.3) is 11.2 Å². The van der Waals surface area contributed by atoms with Crippen molar-refractivity contribution in [3.8, 4) is 0 Å². The van der Waals surface area contributed by atoms with Crippen LogP contribution < -0.4 is 5.73 Å². The number of nitrogens with zero attached hydrogens (tertiary/aromatic N) is 2. The predicted octanol–water partition coefficient (Wildman–Crippen LogP) is 0.215. The second kappa shape index (κ2) is 3.12. The molecule has 2 aromatic heterocycles. The van der Waals surface area contributed by atoms with Crippen molar-refractivity contribution in [3.05, 3.63) is 24.2 Å². The summed E-state index contributed by atoms with van der Waals surface area (Å²) < 4.78 is 4.95. The molecular weight excluding hydrogens is 170 g/mol. The molecule has 0 radical (unpaired) electrons. The maximum atomic E-state index is 9.40. The molecule has 0 bridgehead atoms. The molecule has 5 heteroatoms. The average molecular weight is 179 g/mol. The molecule has 3 N–H and O–H groups in total. The van der Waals surface area contributed by atoms with Gasteiger partial charge in [0.25, 0.3) is 0 Å². The molecule has 0 saturated heterocycles. The minimum Gasteiger partial charge on any atom is -0.425 e. The van der Waals surface area contributed by atoms with E-state index in [0.717, 1.165) is 0 Å². The fraction of sp³-hybridized carbons (Fsp3) is 0.250. The molecule has 13 heavy (non-hydrogen) atoms. The Morgan fingerprint density at radius 3 is 3.15 bits per heavy atom. The molecule has 2 rings (SSSR count). The number of pyridine rings is 1. The normalized spacial score (nSPS) is 13.4. The van der Waals surface area contributed by atoms with Crippen LogP contribution in [0.4, 0.5) is 0 Å². The van der Waals surface area contributed by atoms with Gasteiger partial charge in [-0.2, -0.15) is 0 Å². The van der Waals surface area contributed by atoms with E-state index in [1.165, 1.54) is 12.6 Å². The number of aromatic nitrogens is 2.